The molecule has 2 rings (SSSR count). The van der Waals surface area contributed by atoms with Gasteiger partial charge in [0.1, 0.15) is 0 Å². The second kappa shape index (κ2) is 6.05. The highest BCUT2D eigenvalue weighted by molar-refractivity contribution is 5.29. The molecule has 0 amide bonds. The number of aryl methyl sites for hydroxylation is 1. The third kappa shape index (κ3) is 3.81. The normalized spacial score (nSPS) is 11.6. The van der Waals surface area contributed by atoms with Crippen molar-refractivity contribution in [2.45, 2.75) is 26.2 Å². The Labute approximate surface area is 115 Å². The summed E-state index contributed by atoms with van der Waals surface area (Å²) in [5.41, 5.74) is 1.35. The number of pyridine rings is 1. The van der Waals surface area contributed by atoms with E-state index >= 15 is 0 Å². The van der Waals surface area contributed by atoms with Crippen molar-refractivity contribution in [2.24, 2.45) is 0 Å². The minimum Gasteiger partial charge on any atom is -0.307 e. The van der Waals surface area contributed by atoms with Gasteiger partial charge in [0.25, 0.3) is 0 Å². The summed E-state index contributed by atoms with van der Waals surface area (Å²) >= 11 is 0. The van der Waals surface area contributed by atoms with E-state index in [0.717, 1.165) is 17.5 Å². The van der Waals surface area contributed by atoms with Crippen LogP contribution in [0.1, 0.15) is 22.5 Å². The van der Waals surface area contributed by atoms with E-state index in [2.05, 4.69) is 10.3 Å². The number of aromatic nitrogens is 1. The zero-order valence-electron chi connectivity index (χ0n) is 11.0. The van der Waals surface area contributed by atoms with E-state index < -0.39 is 11.7 Å². The van der Waals surface area contributed by atoms with E-state index in [9.17, 15) is 13.2 Å². The summed E-state index contributed by atoms with van der Waals surface area (Å²) in [6, 6.07) is 11.2. The van der Waals surface area contributed by atoms with Crippen LogP contribution < -0.4 is 5.32 Å². The van der Waals surface area contributed by atoms with Gasteiger partial charge in [-0.2, -0.15) is 13.2 Å². The van der Waals surface area contributed by atoms with Crippen LogP contribution in [0.15, 0.2) is 42.5 Å². The molecule has 0 saturated heterocycles. The summed E-state index contributed by atoms with van der Waals surface area (Å²) in [5, 5.41) is 3.00. The molecule has 1 N–H and O–H groups in total. The van der Waals surface area contributed by atoms with Crippen LogP contribution in [0.4, 0.5) is 13.2 Å². The van der Waals surface area contributed by atoms with Gasteiger partial charge in [0, 0.05) is 18.8 Å². The topological polar surface area (TPSA) is 24.9 Å². The molecule has 0 saturated carbocycles. The van der Waals surface area contributed by atoms with Crippen LogP contribution in [-0.2, 0) is 19.3 Å². The van der Waals surface area contributed by atoms with Crippen molar-refractivity contribution in [1.29, 1.82) is 0 Å². The Morgan fingerprint density at radius 2 is 1.75 bits per heavy atom. The first kappa shape index (κ1) is 14.5. The Hall–Kier alpha value is -1.88. The predicted molar refractivity (Wildman–Crippen MR) is 71.0 cm³/mol. The van der Waals surface area contributed by atoms with E-state index in [4.69, 9.17) is 0 Å². The molecule has 1 heterocycles. The van der Waals surface area contributed by atoms with Crippen molar-refractivity contribution in [3.05, 3.63) is 65.0 Å². The molecular formula is C15H15F3N2. The number of nitrogens with one attached hydrogen (secondary N) is 1. The number of nitrogens with zero attached hydrogens (tertiary/aromatic N) is 1. The van der Waals surface area contributed by atoms with Crippen LogP contribution in [0.2, 0.25) is 0 Å². The molecule has 106 valence electrons. The monoisotopic (exact) mass is 280 g/mol. The first-order valence-corrected chi connectivity index (χ1v) is 6.25. The maximum atomic E-state index is 12.8. The second-order valence-corrected chi connectivity index (χ2v) is 4.53. The molecule has 1 aromatic heterocycles. The first-order valence-electron chi connectivity index (χ1n) is 6.25. The molecule has 0 bridgehead atoms. The number of hydrogen-bond donors (Lipinski definition) is 1. The molecule has 20 heavy (non-hydrogen) atoms. The van der Waals surface area contributed by atoms with Gasteiger partial charge in [-0.1, -0.05) is 24.3 Å². The maximum Gasteiger partial charge on any atom is 0.416 e. The van der Waals surface area contributed by atoms with Crippen molar-refractivity contribution >= 4 is 0 Å². The molecule has 2 nitrogen and oxygen atoms in total. The SMILES string of the molecule is Cc1cccc(CNCc2ccccc2C(F)(F)F)n1. The molecule has 0 aliphatic heterocycles. The summed E-state index contributed by atoms with van der Waals surface area (Å²) in [6.07, 6.45) is -4.32. The Morgan fingerprint density at radius 3 is 2.45 bits per heavy atom. The van der Waals surface area contributed by atoms with Gasteiger partial charge in [-0.25, -0.2) is 0 Å². The van der Waals surface area contributed by atoms with E-state index in [1.54, 1.807) is 6.07 Å². The number of hydrogen-bond acceptors (Lipinski definition) is 2. The summed E-state index contributed by atoms with van der Waals surface area (Å²) in [5.74, 6) is 0. The predicted octanol–water partition coefficient (Wildman–Crippen LogP) is 3.70. The van der Waals surface area contributed by atoms with Gasteiger partial charge < -0.3 is 5.32 Å². The van der Waals surface area contributed by atoms with Gasteiger partial charge in [-0.15, -0.1) is 0 Å². The van der Waals surface area contributed by atoms with Gasteiger partial charge in [-0.05, 0) is 30.7 Å². The summed E-state index contributed by atoms with van der Waals surface area (Å²) in [7, 11) is 0. The summed E-state index contributed by atoms with van der Waals surface area (Å²) in [4.78, 5) is 4.29. The Kier molecular flexibility index (Phi) is 4.39. The molecule has 2 aromatic rings. The van der Waals surface area contributed by atoms with Gasteiger partial charge in [-0.3, -0.25) is 4.98 Å². The average Bonchev–Trinajstić information content (AvgIpc) is 2.38. The number of halogens is 3. The lowest BCUT2D eigenvalue weighted by Crippen LogP contribution is -2.17. The quantitative estimate of drug-likeness (QED) is 0.923. The van der Waals surface area contributed by atoms with Crippen LogP contribution in [0.5, 0.6) is 0 Å². The van der Waals surface area contributed by atoms with Crippen LogP contribution in [0, 0.1) is 6.92 Å². The second-order valence-electron chi connectivity index (χ2n) is 4.53. The summed E-state index contributed by atoms with van der Waals surface area (Å²) in [6.45, 7) is 2.47. The van der Waals surface area contributed by atoms with Crippen molar-refractivity contribution in [3.8, 4) is 0 Å². The lowest BCUT2D eigenvalue weighted by atomic mass is 10.1. The average molecular weight is 280 g/mol. The molecule has 0 spiro atoms. The minimum atomic E-state index is -4.32. The van der Waals surface area contributed by atoms with Crippen molar-refractivity contribution in [1.82, 2.24) is 10.3 Å². The zero-order valence-corrected chi connectivity index (χ0v) is 11.0. The summed E-state index contributed by atoms with van der Waals surface area (Å²) < 4.78 is 38.4. The molecule has 0 atom stereocenters. The highest BCUT2D eigenvalue weighted by atomic mass is 19.4. The third-order valence-corrected chi connectivity index (χ3v) is 2.89. The van der Waals surface area contributed by atoms with E-state index in [0.29, 0.717) is 6.54 Å². The van der Waals surface area contributed by atoms with Gasteiger partial charge in [0.05, 0.1) is 11.3 Å². The molecule has 0 unspecified atom stereocenters. The van der Waals surface area contributed by atoms with E-state index in [1.165, 1.54) is 12.1 Å². The molecule has 0 radical (unpaired) electrons. The minimum absolute atomic E-state index is 0.158. The number of alkyl halides is 3. The highest BCUT2D eigenvalue weighted by Crippen LogP contribution is 2.31. The fraction of sp³-hybridized carbons (Fsp3) is 0.267. The Bertz CT molecular complexity index is 579. The van der Waals surface area contributed by atoms with Gasteiger partial charge in [0.2, 0.25) is 0 Å². The van der Waals surface area contributed by atoms with Crippen molar-refractivity contribution in [3.63, 3.8) is 0 Å². The lowest BCUT2D eigenvalue weighted by Gasteiger charge is -2.13. The van der Waals surface area contributed by atoms with Crippen LogP contribution in [0.25, 0.3) is 0 Å². The Morgan fingerprint density at radius 1 is 1.00 bits per heavy atom. The molecule has 0 aliphatic carbocycles. The van der Waals surface area contributed by atoms with Gasteiger partial charge >= 0.3 is 6.18 Å². The largest absolute Gasteiger partial charge is 0.416 e. The van der Waals surface area contributed by atoms with Crippen molar-refractivity contribution in [2.75, 3.05) is 0 Å². The molecular weight excluding hydrogens is 265 g/mol. The first-order chi connectivity index (χ1) is 9.47. The number of rotatable bonds is 4. The smallest absolute Gasteiger partial charge is 0.307 e. The third-order valence-electron chi connectivity index (χ3n) is 2.89. The zero-order chi connectivity index (χ0) is 14.6. The van der Waals surface area contributed by atoms with Crippen LogP contribution >= 0.6 is 0 Å². The van der Waals surface area contributed by atoms with Gasteiger partial charge in [0.15, 0.2) is 0 Å². The molecule has 0 fully saturated rings. The molecule has 1 aromatic carbocycles. The fourth-order valence-corrected chi connectivity index (χ4v) is 1.97. The van der Waals surface area contributed by atoms with E-state index in [1.807, 2.05) is 25.1 Å². The highest BCUT2D eigenvalue weighted by Gasteiger charge is 2.32. The molecule has 5 heteroatoms. The van der Waals surface area contributed by atoms with E-state index in [-0.39, 0.29) is 12.1 Å². The Balaban J connectivity index is 2.01. The lowest BCUT2D eigenvalue weighted by molar-refractivity contribution is -0.138. The molecule has 0 aliphatic rings. The standard InChI is InChI=1S/C15H15F3N2/c1-11-5-4-7-13(20-11)10-19-9-12-6-2-3-8-14(12)15(16,17)18/h2-8,19H,9-10H2,1H3. The number of benzene rings is 1. The maximum absolute atomic E-state index is 12.8. The fourth-order valence-electron chi connectivity index (χ4n) is 1.97. The van der Waals surface area contributed by atoms with Crippen LogP contribution in [-0.4, -0.2) is 4.98 Å². The van der Waals surface area contributed by atoms with Crippen molar-refractivity contribution < 1.29 is 13.2 Å². The van der Waals surface area contributed by atoms with Crippen LogP contribution in [0.3, 0.4) is 0 Å².